The number of aliphatic imine (C=N–C) groups is 1. The first-order valence-corrected chi connectivity index (χ1v) is 5.43. The summed E-state index contributed by atoms with van der Waals surface area (Å²) in [7, 11) is 0. The largest absolute Gasteiger partial charge is 0.312 e. The molecule has 0 fully saturated rings. The van der Waals surface area contributed by atoms with E-state index in [0.717, 1.165) is 18.0 Å². The van der Waals surface area contributed by atoms with Gasteiger partial charge in [0.2, 0.25) is 0 Å². The Morgan fingerprint density at radius 2 is 2.08 bits per heavy atom. The van der Waals surface area contributed by atoms with E-state index in [1.807, 2.05) is 0 Å². The van der Waals surface area contributed by atoms with Gasteiger partial charge in [-0.05, 0) is 27.0 Å². The van der Waals surface area contributed by atoms with Crippen LogP contribution in [0.4, 0.5) is 0 Å². The Balaban J connectivity index is 4.04. The van der Waals surface area contributed by atoms with E-state index in [0.29, 0.717) is 0 Å². The summed E-state index contributed by atoms with van der Waals surface area (Å²) in [6, 6.07) is 0. The van der Waals surface area contributed by atoms with Crippen molar-refractivity contribution in [3.05, 3.63) is 0 Å². The van der Waals surface area contributed by atoms with Gasteiger partial charge in [0.15, 0.2) is 0 Å². The maximum absolute atomic E-state index is 5.33. The SMILES string of the molecule is CSCCC(=NC(C)(C)C)NN. The second kappa shape index (κ2) is 5.43. The van der Waals surface area contributed by atoms with Crippen LogP contribution in [0, 0.1) is 0 Å². The number of nitrogens with zero attached hydrogens (tertiary/aromatic N) is 1. The van der Waals surface area contributed by atoms with Gasteiger partial charge in [-0.25, -0.2) is 5.84 Å². The van der Waals surface area contributed by atoms with Crippen molar-refractivity contribution in [1.82, 2.24) is 5.43 Å². The van der Waals surface area contributed by atoms with Crippen molar-refractivity contribution in [1.29, 1.82) is 0 Å². The third kappa shape index (κ3) is 6.49. The molecule has 0 spiro atoms. The number of thioether (sulfide) groups is 1. The molecule has 3 N–H and O–H groups in total. The molecule has 0 atom stereocenters. The predicted molar refractivity (Wildman–Crippen MR) is 57.5 cm³/mol. The monoisotopic (exact) mass is 189 g/mol. The lowest BCUT2D eigenvalue weighted by atomic mass is 10.1. The van der Waals surface area contributed by atoms with E-state index in [2.05, 4.69) is 37.4 Å². The summed E-state index contributed by atoms with van der Waals surface area (Å²) in [4.78, 5) is 4.43. The molecule has 0 aliphatic rings. The first-order valence-electron chi connectivity index (χ1n) is 4.04. The third-order valence-electron chi connectivity index (χ3n) is 1.18. The van der Waals surface area contributed by atoms with Gasteiger partial charge >= 0.3 is 0 Å². The second-order valence-electron chi connectivity index (χ2n) is 3.62. The van der Waals surface area contributed by atoms with E-state index in [9.17, 15) is 0 Å². The van der Waals surface area contributed by atoms with Crippen LogP contribution in [0.1, 0.15) is 27.2 Å². The highest BCUT2D eigenvalue weighted by Gasteiger charge is 2.08. The standard InChI is InChI=1S/C8H19N3S/c1-8(2,3)10-7(11-9)5-6-12-4/h5-6,9H2,1-4H3,(H,10,11). The van der Waals surface area contributed by atoms with Crippen molar-refractivity contribution in [3.63, 3.8) is 0 Å². The number of hydrogen-bond donors (Lipinski definition) is 2. The molecule has 0 aliphatic carbocycles. The Kier molecular flexibility index (Phi) is 5.33. The van der Waals surface area contributed by atoms with Crippen LogP contribution < -0.4 is 11.3 Å². The summed E-state index contributed by atoms with van der Waals surface area (Å²) < 4.78 is 0. The lowest BCUT2D eigenvalue weighted by molar-refractivity contribution is 0.577. The maximum Gasteiger partial charge on any atom is 0.112 e. The third-order valence-corrected chi connectivity index (χ3v) is 1.79. The molecule has 72 valence electrons. The number of amidine groups is 1. The Labute approximate surface area is 79.2 Å². The second-order valence-corrected chi connectivity index (χ2v) is 4.60. The highest BCUT2D eigenvalue weighted by Crippen LogP contribution is 2.07. The smallest absolute Gasteiger partial charge is 0.112 e. The van der Waals surface area contributed by atoms with Gasteiger partial charge in [0.05, 0.1) is 5.54 Å². The lowest BCUT2D eigenvalue weighted by Crippen LogP contribution is -2.33. The fourth-order valence-corrected chi connectivity index (χ4v) is 1.16. The number of nitrogens with one attached hydrogen (secondary N) is 1. The quantitative estimate of drug-likeness (QED) is 0.305. The van der Waals surface area contributed by atoms with Crippen LogP contribution >= 0.6 is 11.8 Å². The van der Waals surface area contributed by atoms with E-state index < -0.39 is 0 Å². The van der Waals surface area contributed by atoms with E-state index in [1.165, 1.54) is 0 Å². The lowest BCUT2D eigenvalue weighted by Gasteiger charge is -2.15. The van der Waals surface area contributed by atoms with Gasteiger partial charge in [0, 0.05) is 12.2 Å². The fraction of sp³-hybridized carbons (Fsp3) is 0.875. The molecule has 0 aromatic heterocycles. The molecule has 0 saturated carbocycles. The number of hydrogen-bond acceptors (Lipinski definition) is 3. The van der Waals surface area contributed by atoms with Crippen molar-refractivity contribution in [2.24, 2.45) is 10.8 Å². The number of rotatable bonds is 3. The normalized spacial score (nSPS) is 13.2. The van der Waals surface area contributed by atoms with Crippen molar-refractivity contribution in [3.8, 4) is 0 Å². The molecule has 0 bridgehead atoms. The number of hydrazine groups is 1. The minimum absolute atomic E-state index is 0.0416. The van der Waals surface area contributed by atoms with Gasteiger partial charge in [-0.2, -0.15) is 11.8 Å². The van der Waals surface area contributed by atoms with Crippen molar-refractivity contribution >= 4 is 17.6 Å². The molecule has 0 rings (SSSR count). The van der Waals surface area contributed by atoms with Gasteiger partial charge in [-0.15, -0.1) is 0 Å². The summed E-state index contributed by atoms with van der Waals surface area (Å²) in [5.74, 6) is 7.27. The molecular weight excluding hydrogens is 170 g/mol. The summed E-state index contributed by atoms with van der Waals surface area (Å²) in [5.41, 5.74) is 2.59. The van der Waals surface area contributed by atoms with Gasteiger partial charge in [-0.1, -0.05) is 0 Å². The van der Waals surface area contributed by atoms with Gasteiger partial charge in [0.1, 0.15) is 5.84 Å². The minimum atomic E-state index is -0.0416. The fourth-order valence-electron chi connectivity index (χ4n) is 0.764. The van der Waals surface area contributed by atoms with Crippen LogP contribution in [0.25, 0.3) is 0 Å². The molecule has 3 nitrogen and oxygen atoms in total. The molecule has 4 heteroatoms. The van der Waals surface area contributed by atoms with Crippen LogP contribution in [-0.4, -0.2) is 23.4 Å². The summed E-state index contributed by atoms with van der Waals surface area (Å²) in [6.45, 7) is 6.18. The minimum Gasteiger partial charge on any atom is -0.312 e. The Morgan fingerprint density at radius 1 is 1.50 bits per heavy atom. The van der Waals surface area contributed by atoms with Crippen LogP contribution in [0.15, 0.2) is 4.99 Å². The first-order chi connectivity index (χ1) is 5.49. The number of nitrogens with two attached hydrogens (primary N) is 1. The molecule has 0 aromatic carbocycles. The molecule has 0 saturated heterocycles. The predicted octanol–water partition coefficient (Wildman–Crippen LogP) is 1.40. The van der Waals surface area contributed by atoms with E-state index in [4.69, 9.17) is 5.84 Å². The molecule has 0 heterocycles. The van der Waals surface area contributed by atoms with Crippen molar-refractivity contribution in [2.75, 3.05) is 12.0 Å². The van der Waals surface area contributed by atoms with Crippen molar-refractivity contribution < 1.29 is 0 Å². The van der Waals surface area contributed by atoms with Crippen LogP contribution in [0.5, 0.6) is 0 Å². The Bertz CT molecular complexity index is 149. The summed E-state index contributed by atoms with van der Waals surface area (Å²) in [6.07, 6.45) is 2.99. The average molecular weight is 189 g/mol. The first kappa shape index (κ1) is 11.8. The summed E-state index contributed by atoms with van der Waals surface area (Å²) >= 11 is 1.79. The molecule has 12 heavy (non-hydrogen) atoms. The Morgan fingerprint density at radius 3 is 2.42 bits per heavy atom. The van der Waals surface area contributed by atoms with Gasteiger partial charge < -0.3 is 5.43 Å². The molecule has 0 aliphatic heterocycles. The molecule has 0 unspecified atom stereocenters. The molecule has 0 amide bonds. The zero-order valence-electron chi connectivity index (χ0n) is 8.35. The zero-order chi connectivity index (χ0) is 9.61. The van der Waals surface area contributed by atoms with Crippen LogP contribution in [0.2, 0.25) is 0 Å². The van der Waals surface area contributed by atoms with E-state index in [1.54, 1.807) is 11.8 Å². The van der Waals surface area contributed by atoms with E-state index >= 15 is 0 Å². The highest BCUT2D eigenvalue weighted by molar-refractivity contribution is 7.98. The average Bonchev–Trinajstić information content (AvgIpc) is 1.95. The maximum atomic E-state index is 5.33. The molecular formula is C8H19N3S. The highest BCUT2D eigenvalue weighted by atomic mass is 32.2. The zero-order valence-corrected chi connectivity index (χ0v) is 9.16. The van der Waals surface area contributed by atoms with Crippen LogP contribution in [-0.2, 0) is 0 Å². The Hall–Kier alpha value is -0.220. The van der Waals surface area contributed by atoms with Crippen molar-refractivity contribution in [2.45, 2.75) is 32.7 Å². The van der Waals surface area contributed by atoms with Gasteiger partial charge in [-0.3, -0.25) is 4.99 Å². The summed E-state index contributed by atoms with van der Waals surface area (Å²) in [5, 5.41) is 0. The molecule has 0 radical (unpaired) electrons. The topological polar surface area (TPSA) is 50.4 Å². The van der Waals surface area contributed by atoms with Gasteiger partial charge in [0.25, 0.3) is 0 Å². The van der Waals surface area contributed by atoms with E-state index in [-0.39, 0.29) is 5.54 Å². The molecule has 0 aromatic rings. The van der Waals surface area contributed by atoms with Crippen LogP contribution in [0.3, 0.4) is 0 Å².